The molecule has 0 aromatic carbocycles. The number of fused-ring (bicyclic) bond motifs is 2. The van der Waals surface area contributed by atoms with Crippen LogP contribution in [0.1, 0.15) is 31.2 Å². The van der Waals surface area contributed by atoms with Gasteiger partial charge in [-0.3, -0.25) is 4.40 Å². The zero-order valence-electron chi connectivity index (χ0n) is 17.7. The Balaban J connectivity index is 1.48. The second-order valence-corrected chi connectivity index (χ2v) is 12.0. The van der Waals surface area contributed by atoms with E-state index in [-0.39, 0.29) is 14.9 Å². The molecular weight excluding hydrogens is 474 g/mol. The molecule has 5 heterocycles. The Morgan fingerprint density at radius 1 is 1.24 bits per heavy atom. The molecule has 3 aliphatic rings. The fourth-order valence-corrected chi connectivity index (χ4v) is 6.75. The molecule has 33 heavy (non-hydrogen) atoms. The first-order valence-corrected chi connectivity index (χ1v) is 13.0. The van der Waals surface area contributed by atoms with Gasteiger partial charge in [0.1, 0.15) is 10.6 Å². The number of hydrogen-bond donors (Lipinski definition) is 1. The number of nitrogens with one attached hydrogen (secondary N) is 1. The molecule has 1 saturated carbocycles. The van der Waals surface area contributed by atoms with Gasteiger partial charge in [-0.1, -0.05) is 11.3 Å². The molecule has 0 amide bonds. The average Bonchev–Trinajstić information content (AvgIpc) is 3.27. The van der Waals surface area contributed by atoms with Crippen molar-refractivity contribution in [2.45, 2.75) is 36.6 Å². The largest absolute Gasteiger partial charge is 0.381 e. The molecule has 3 aromatic rings. The van der Waals surface area contributed by atoms with E-state index in [9.17, 15) is 17.2 Å². The van der Waals surface area contributed by atoms with E-state index in [0.29, 0.717) is 42.1 Å². The summed E-state index contributed by atoms with van der Waals surface area (Å²) in [6, 6.07) is 1.66. The van der Waals surface area contributed by atoms with Gasteiger partial charge >= 0.3 is 0 Å². The standard InChI is InChI=1S/C20H22F2N6O3S2/c1-20(2-3-20)26-33(29,30)13-4-14(27-6-11-9-31-10-12(11)7-27)17-23-5-15(28(17)8-13)18-24-25-19(32-18)16(21)22/h4-5,8,11-12,16,26H,2-3,6-7,9-10H2,1H3/t11-,12?/m1/s1. The lowest BCUT2D eigenvalue weighted by atomic mass is 10.0. The quantitative estimate of drug-likeness (QED) is 0.560. The lowest BCUT2D eigenvalue weighted by Gasteiger charge is -2.22. The topological polar surface area (TPSA) is 102 Å². The van der Waals surface area contributed by atoms with E-state index < -0.39 is 22.0 Å². The Kier molecular flexibility index (Phi) is 4.77. The predicted octanol–water partition coefficient (Wildman–Crippen LogP) is 2.70. The number of aromatic nitrogens is 4. The summed E-state index contributed by atoms with van der Waals surface area (Å²) in [6.45, 7) is 4.74. The summed E-state index contributed by atoms with van der Waals surface area (Å²) in [5.74, 6) is 0.778. The highest BCUT2D eigenvalue weighted by Gasteiger charge is 2.42. The predicted molar refractivity (Wildman–Crippen MR) is 117 cm³/mol. The number of ether oxygens (including phenoxy) is 1. The monoisotopic (exact) mass is 496 g/mol. The number of nitrogens with zero attached hydrogens (tertiary/aromatic N) is 5. The van der Waals surface area contributed by atoms with Gasteiger partial charge in [0.15, 0.2) is 15.7 Å². The molecule has 0 bridgehead atoms. The summed E-state index contributed by atoms with van der Waals surface area (Å²) in [6.07, 6.45) is 1.86. The highest BCUT2D eigenvalue weighted by atomic mass is 32.2. The number of halogens is 2. The van der Waals surface area contributed by atoms with Crippen molar-refractivity contribution in [3.63, 3.8) is 0 Å². The molecule has 176 valence electrons. The van der Waals surface area contributed by atoms with Crippen molar-refractivity contribution >= 4 is 32.7 Å². The molecule has 2 aliphatic heterocycles. The number of anilines is 1. The van der Waals surface area contributed by atoms with E-state index in [2.05, 4.69) is 24.8 Å². The van der Waals surface area contributed by atoms with E-state index in [1.165, 1.54) is 12.4 Å². The normalized spacial score (nSPS) is 24.2. The van der Waals surface area contributed by atoms with E-state index in [1.807, 2.05) is 6.92 Å². The molecule has 6 rings (SSSR count). The highest BCUT2D eigenvalue weighted by molar-refractivity contribution is 7.89. The third-order valence-corrected chi connectivity index (χ3v) is 9.24. The van der Waals surface area contributed by atoms with Crippen LogP contribution in [0.2, 0.25) is 0 Å². The van der Waals surface area contributed by atoms with Gasteiger partial charge in [-0.2, -0.15) is 0 Å². The van der Waals surface area contributed by atoms with E-state index in [0.717, 1.165) is 37.3 Å². The number of pyridine rings is 1. The van der Waals surface area contributed by atoms with Crippen LogP contribution in [0, 0.1) is 11.8 Å². The minimum absolute atomic E-state index is 0.101. The summed E-state index contributed by atoms with van der Waals surface area (Å²) in [7, 11) is -3.81. The molecular formula is C20H22F2N6O3S2. The summed E-state index contributed by atoms with van der Waals surface area (Å²) >= 11 is 0.770. The molecule has 13 heteroatoms. The summed E-state index contributed by atoms with van der Waals surface area (Å²) in [5, 5.41) is 7.33. The average molecular weight is 497 g/mol. The number of hydrogen-bond acceptors (Lipinski definition) is 8. The van der Waals surface area contributed by atoms with Gasteiger partial charge in [0, 0.05) is 36.7 Å². The van der Waals surface area contributed by atoms with E-state index in [1.54, 1.807) is 10.5 Å². The Morgan fingerprint density at radius 2 is 1.97 bits per heavy atom. The third-order valence-electron chi connectivity index (χ3n) is 6.68. The van der Waals surface area contributed by atoms with Crippen molar-refractivity contribution in [1.82, 2.24) is 24.3 Å². The Hall–Kier alpha value is -2.22. The minimum atomic E-state index is -3.81. The Bertz CT molecular complexity index is 1320. The van der Waals surface area contributed by atoms with Crippen molar-refractivity contribution in [2.75, 3.05) is 31.2 Å². The minimum Gasteiger partial charge on any atom is -0.381 e. The third kappa shape index (κ3) is 3.70. The molecule has 2 saturated heterocycles. The first-order chi connectivity index (χ1) is 15.7. The fourth-order valence-electron chi connectivity index (χ4n) is 4.57. The van der Waals surface area contributed by atoms with Crippen molar-refractivity contribution in [2.24, 2.45) is 11.8 Å². The van der Waals surface area contributed by atoms with Crippen LogP contribution in [0.15, 0.2) is 23.4 Å². The van der Waals surface area contributed by atoms with Crippen LogP contribution in [0.25, 0.3) is 16.3 Å². The van der Waals surface area contributed by atoms with Crippen LogP contribution >= 0.6 is 11.3 Å². The lowest BCUT2D eigenvalue weighted by Crippen LogP contribution is -2.34. The number of alkyl halides is 2. The highest BCUT2D eigenvalue weighted by Crippen LogP contribution is 2.39. The number of imidazole rings is 1. The molecule has 0 radical (unpaired) electrons. The Morgan fingerprint density at radius 3 is 2.61 bits per heavy atom. The number of sulfonamides is 1. The fraction of sp³-hybridized carbons (Fsp3) is 0.550. The zero-order chi connectivity index (χ0) is 23.0. The van der Waals surface area contributed by atoms with Crippen LogP contribution in [-0.4, -0.2) is 59.8 Å². The first-order valence-electron chi connectivity index (χ1n) is 10.7. The molecule has 3 fully saturated rings. The van der Waals surface area contributed by atoms with Crippen molar-refractivity contribution in [1.29, 1.82) is 0 Å². The second kappa shape index (κ2) is 7.39. The maximum atomic E-state index is 13.2. The van der Waals surface area contributed by atoms with Crippen LogP contribution in [0.4, 0.5) is 14.5 Å². The van der Waals surface area contributed by atoms with Crippen molar-refractivity contribution in [3.05, 3.63) is 23.5 Å². The molecule has 2 atom stereocenters. The second-order valence-electron chi connectivity index (χ2n) is 9.27. The first kappa shape index (κ1) is 21.3. The molecule has 0 spiro atoms. The summed E-state index contributed by atoms with van der Waals surface area (Å²) < 4.78 is 62.7. The SMILES string of the molecule is CC1(NS(=O)(=O)c2cc(N3CC4COC[C@H]4C3)c3ncc(-c4nnc(C(F)F)s4)n3c2)CC1. The number of rotatable bonds is 6. The molecule has 9 nitrogen and oxygen atoms in total. The van der Waals surface area contributed by atoms with Gasteiger partial charge in [0.2, 0.25) is 10.0 Å². The Labute approximate surface area is 192 Å². The van der Waals surface area contributed by atoms with Gasteiger partial charge in [-0.05, 0) is 25.8 Å². The van der Waals surface area contributed by atoms with Gasteiger partial charge in [-0.15, -0.1) is 10.2 Å². The van der Waals surface area contributed by atoms with Crippen LogP contribution < -0.4 is 9.62 Å². The van der Waals surface area contributed by atoms with Gasteiger partial charge < -0.3 is 9.64 Å². The summed E-state index contributed by atoms with van der Waals surface area (Å²) in [4.78, 5) is 6.77. The van der Waals surface area contributed by atoms with Crippen molar-refractivity contribution in [3.8, 4) is 10.7 Å². The van der Waals surface area contributed by atoms with Crippen LogP contribution in [0.5, 0.6) is 0 Å². The van der Waals surface area contributed by atoms with Crippen LogP contribution in [-0.2, 0) is 14.8 Å². The van der Waals surface area contributed by atoms with E-state index >= 15 is 0 Å². The van der Waals surface area contributed by atoms with Gasteiger partial charge in [-0.25, -0.2) is 26.9 Å². The maximum Gasteiger partial charge on any atom is 0.291 e. The molecule has 1 aliphatic carbocycles. The van der Waals surface area contributed by atoms with Gasteiger partial charge in [0.05, 0.1) is 25.1 Å². The lowest BCUT2D eigenvalue weighted by molar-refractivity contribution is 0.150. The van der Waals surface area contributed by atoms with Crippen LogP contribution in [0.3, 0.4) is 0 Å². The molecule has 1 N–H and O–H groups in total. The van der Waals surface area contributed by atoms with Crippen molar-refractivity contribution < 1.29 is 21.9 Å². The van der Waals surface area contributed by atoms with Gasteiger partial charge in [0.25, 0.3) is 6.43 Å². The maximum absolute atomic E-state index is 13.2. The molecule has 3 aromatic heterocycles. The summed E-state index contributed by atoms with van der Waals surface area (Å²) in [5.41, 5.74) is 1.24. The molecule has 1 unspecified atom stereocenters. The van der Waals surface area contributed by atoms with E-state index in [4.69, 9.17) is 4.74 Å². The zero-order valence-corrected chi connectivity index (χ0v) is 19.4. The smallest absolute Gasteiger partial charge is 0.291 e.